The molecule has 27 heavy (non-hydrogen) atoms. The van der Waals surface area contributed by atoms with Crippen LogP contribution < -0.4 is 5.46 Å². The molecule has 4 aromatic carbocycles. The lowest BCUT2D eigenvalue weighted by molar-refractivity contribution is 0.00578. The van der Waals surface area contributed by atoms with Gasteiger partial charge in [0.05, 0.1) is 11.2 Å². The summed E-state index contributed by atoms with van der Waals surface area (Å²) in [6.07, 6.45) is 0. The van der Waals surface area contributed by atoms with Crippen LogP contribution in [0.1, 0.15) is 27.7 Å². The van der Waals surface area contributed by atoms with Crippen LogP contribution in [-0.2, 0) is 9.31 Å². The first kappa shape index (κ1) is 16.8. The predicted octanol–water partition coefficient (Wildman–Crippen LogP) is 5.45. The second-order valence-electron chi connectivity index (χ2n) is 8.48. The molecular formula is C24H23BO2. The Morgan fingerprint density at radius 3 is 1.89 bits per heavy atom. The fourth-order valence-electron chi connectivity index (χ4n) is 4.09. The van der Waals surface area contributed by atoms with Gasteiger partial charge in [-0.05, 0) is 71.5 Å². The molecule has 134 valence electrons. The summed E-state index contributed by atoms with van der Waals surface area (Å²) in [4.78, 5) is 0. The van der Waals surface area contributed by atoms with Gasteiger partial charge in [0.1, 0.15) is 0 Å². The maximum atomic E-state index is 6.49. The Balaban J connectivity index is 1.92. The molecule has 1 saturated heterocycles. The van der Waals surface area contributed by atoms with E-state index >= 15 is 0 Å². The molecule has 0 radical (unpaired) electrons. The zero-order chi connectivity index (χ0) is 18.8. The number of hydrogen-bond acceptors (Lipinski definition) is 2. The van der Waals surface area contributed by atoms with Crippen molar-refractivity contribution in [3.8, 4) is 0 Å². The molecule has 0 spiro atoms. The van der Waals surface area contributed by atoms with Crippen LogP contribution in [-0.4, -0.2) is 18.3 Å². The smallest absolute Gasteiger partial charge is 0.399 e. The number of benzene rings is 4. The van der Waals surface area contributed by atoms with E-state index in [9.17, 15) is 0 Å². The molecule has 0 bridgehead atoms. The van der Waals surface area contributed by atoms with Gasteiger partial charge in [-0.3, -0.25) is 0 Å². The van der Waals surface area contributed by atoms with Gasteiger partial charge >= 0.3 is 7.12 Å². The maximum Gasteiger partial charge on any atom is 0.496 e. The summed E-state index contributed by atoms with van der Waals surface area (Å²) in [6.45, 7) is 8.44. The van der Waals surface area contributed by atoms with Gasteiger partial charge in [-0.1, -0.05) is 60.7 Å². The summed E-state index contributed by atoms with van der Waals surface area (Å²) < 4.78 is 13.0. The summed E-state index contributed by atoms with van der Waals surface area (Å²) in [7, 11) is -0.394. The van der Waals surface area contributed by atoms with E-state index in [0.29, 0.717) is 0 Å². The van der Waals surface area contributed by atoms with Crippen LogP contribution >= 0.6 is 0 Å². The molecule has 1 heterocycles. The van der Waals surface area contributed by atoms with E-state index in [0.717, 1.165) is 5.46 Å². The number of hydrogen-bond donors (Lipinski definition) is 0. The lowest BCUT2D eigenvalue weighted by Crippen LogP contribution is -2.41. The number of fused-ring (bicyclic) bond motifs is 4. The van der Waals surface area contributed by atoms with E-state index in [4.69, 9.17) is 9.31 Å². The fraction of sp³-hybridized carbons (Fsp3) is 0.250. The average Bonchev–Trinajstić information content (AvgIpc) is 2.86. The van der Waals surface area contributed by atoms with Gasteiger partial charge in [0.25, 0.3) is 0 Å². The van der Waals surface area contributed by atoms with Crippen molar-refractivity contribution >= 4 is 44.9 Å². The lowest BCUT2D eigenvalue weighted by Gasteiger charge is -2.32. The Bertz CT molecular complexity index is 1180. The first-order valence-corrected chi connectivity index (χ1v) is 9.56. The molecule has 0 atom stereocenters. The van der Waals surface area contributed by atoms with Crippen LogP contribution in [0, 0.1) is 0 Å². The predicted molar refractivity (Wildman–Crippen MR) is 115 cm³/mol. The van der Waals surface area contributed by atoms with Crippen LogP contribution in [0.2, 0.25) is 0 Å². The highest BCUT2D eigenvalue weighted by Crippen LogP contribution is 2.38. The molecule has 0 N–H and O–H groups in total. The van der Waals surface area contributed by atoms with Crippen molar-refractivity contribution < 1.29 is 9.31 Å². The monoisotopic (exact) mass is 354 g/mol. The second kappa shape index (κ2) is 5.57. The normalized spacial score (nSPS) is 18.6. The first-order chi connectivity index (χ1) is 12.9. The van der Waals surface area contributed by atoms with E-state index in [-0.39, 0.29) is 11.2 Å². The van der Waals surface area contributed by atoms with Crippen LogP contribution in [0.3, 0.4) is 0 Å². The third-order valence-electron chi connectivity index (χ3n) is 6.28. The summed E-state index contributed by atoms with van der Waals surface area (Å²) in [6, 6.07) is 23.7. The molecule has 1 fully saturated rings. The van der Waals surface area contributed by atoms with Crippen molar-refractivity contribution in [1.29, 1.82) is 0 Å². The largest absolute Gasteiger partial charge is 0.496 e. The zero-order valence-electron chi connectivity index (χ0n) is 16.2. The van der Waals surface area contributed by atoms with Gasteiger partial charge in [0, 0.05) is 0 Å². The third-order valence-corrected chi connectivity index (χ3v) is 6.28. The van der Waals surface area contributed by atoms with Gasteiger partial charge in [0.2, 0.25) is 0 Å². The summed E-state index contributed by atoms with van der Waals surface area (Å²) in [5, 5.41) is 7.33. The molecule has 5 rings (SSSR count). The molecule has 1 aliphatic heterocycles. The van der Waals surface area contributed by atoms with Gasteiger partial charge in [-0.25, -0.2) is 0 Å². The van der Waals surface area contributed by atoms with Crippen LogP contribution in [0.15, 0.2) is 66.7 Å². The van der Waals surface area contributed by atoms with Gasteiger partial charge in [-0.2, -0.15) is 0 Å². The van der Waals surface area contributed by atoms with Gasteiger partial charge in [0.15, 0.2) is 0 Å². The quantitative estimate of drug-likeness (QED) is 0.257. The Morgan fingerprint density at radius 2 is 1.19 bits per heavy atom. The highest BCUT2D eigenvalue weighted by molar-refractivity contribution is 6.69. The minimum absolute atomic E-state index is 0.370. The minimum Gasteiger partial charge on any atom is -0.399 e. The maximum absolute atomic E-state index is 6.49. The van der Waals surface area contributed by atoms with Crippen molar-refractivity contribution in [2.45, 2.75) is 38.9 Å². The Labute approximate surface area is 160 Å². The molecule has 0 unspecified atom stereocenters. The van der Waals surface area contributed by atoms with Crippen LogP contribution in [0.25, 0.3) is 32.3 Å². The molecule has 0 aromatic heterocycles. The highest BCUT2D eigenvalue weighted by Gasteiger charge is 2.52. The highest BCUT2D eigenvalue weighted by atomic mass is 16.7. The van der Waals surface area contributed by atoms with Crippen molar-refractivity contribution in [1.82, 2.24) is 0 Å². The van der Waals surface area contributed by atoms with E-state index < -0.39 is 7.12 Å². The summed E-state index contributed by atoms with van der Waals surface area (Å²) >= 11 is 0. The lowest BCUT2D eigenvalue weighted by atomic mass is 9.72. The van der Waals surface area contributed by atoms with E-state index in [1.807, 2.05) is 0 Å². The van der Waals surface area contributed by atoms with Crippen molar-refractivity contribution in [2.75, 3.05) is 0 Å². The minimum atomic E-state index is -0.394. The van der Waals surface area contributed by atoms with Gasteiger partial charge < -0.3 is 9.31 Å². The fourth-order valence-corrected chi connectivity index (χ4v) is 4.09. The third kappa shape index (κ3) is 2.42. The Hall–Kier alpha value is -2.36. The second-order valence-corrected chi connectivity index (χ2v) is 8.48. The molecule has 4 aromatic rings. The topological polar surface area (TPSA) is 18.5 Å². The SMILES string of the molecule is CC1(C)OB(c2c3ccccc3cc3ccc4ccccc4c23)OC1(C)C. The van der Waals surface area contributed by atoms with Gasteiger partial charge in [-0.15, -0.1) is 0 Å². The number of rotatable bonds is 1. The zero-order valence-corrected chi connectivity index (χ0v) is 16.2. The molecule has 0 amide bonds. The molecule has 1 aliphatic rings. The molecular weight excluding hydrogens is 331 g/mol. The molecule has 0 aliphatic carbocycles. The average molecular weight is 354 g/mol. The van der Waals surface area contributed by atoms with E-state index in [2.05, 4.69) is 94.4 Å². The molecule has 3 heteroatoms. The Kier molecular flexibility index (Phi) is 3.47. The molecule has 0 saturated carbocycles. The summed E-state index contributed by atoms with van der Waals surface area (Å²) in [5.74, 6) is 0. The Morgan fingerprint density at radius 1 is 0.630 bits per heavy atom. The van der Waals surface area contributed by atoms with Crippen molar-refractivity contribution in [3.63, 3.8) is 0 Å². The molecule has 2 nitrogen and oxygen atoms in total. The van der Waals surface area contributed by atoms with E-state index in [1.165, 1.54) is 32.3 Å². The summed E-state index contributed by atoms with van der Waals surface area (Å²) in [5.41, 5.74) is 0.398. The van der Waals surface area contributed by atoms with Crippen molar-refractivity contribution in [3.05, 3.63) is 66.7 Å². The first-order valence-electron chi connectivity index (χ1n) is 9.56. The van der Waals surface area contributed by atoms with Crippen LogP contribution in [0.4, 0.5) is 0 Å². The van der Waals surface area contributed by atoms with Crippen molar-refractivity contribution in [2.24, 2.45) is 0 Å². The van der Waals surface area contributed by atoms with Crippen LogP contribution in [0.5, 0.6) is 0 Å². The standard InChI is InChI=1S/C24H23BO2/c1-23(2)24(3,4)27-25(26-23)22-20-12-8-6-10-17(20)15-18-14-13-16-9-5-7-11-19(16)21(18)22/h5-15H,1-4H3. The van der Waals surface area contributed by atoms with E-state index in [1.54, 1.807) is 0 Å².